The fourth-order valence-corrected chi connectivity index (χ4v) is 1.46. The monoisotopic (exact) mass is 204 g/mol. The molecule has 0 saturated heterocycles. The molecular formula is C11H12N2O2. The van der Waals surface area contributed by atoms with Crippen LogP contribution < -0.4 is 10.5 Å². The van der Waals surface area contributed by atoms with Crippen LogP contribution in [0.3, 0.4) is 0 Å². The van der Waals surface area contributed by atoms with Crippen LogP contribution in [0.4, 0.5) is 5.88 Å². The molecule has 0 aliphatic rings. The molecule has 0 fully saturated rings. The SMILES string of the molecule is COc1ccccc1Cc1cc(N)on1. The fraction of sp³-hybridized carbons (Fsp3) is 0.182. The Balaban J connectivity index is 2.23. The van der Waals surface area contributed by atoms with Gasteiger partial charge in [-0.2, -0.15) is 0 Å². The van der Waals surface area contributed by atoms with E-state index in [1.54, 1.807) is 13.2 Å². The summed E-state index contributed by atoms with van der Waals surface area (Å²) in [5, 5.41) is 3.83. The molecule has 0 amide bonds. The number of nitrogen functional groups attached to an aromatic ring is 1. The van der Waals surface area contributed by atoms with E-state index in [9.17, 15) is 0 Å². The first kappa shape index (κ1) is 9.58. The minimum Gasteiger partial charge on any atom is -0.496 e. The lowest BCUT2D eigenvalue weighted by molar-refractivity contribution is 0.408. The van der Waals surface area contributed by atoms with Crippen molar-refractivity contribution in [2.45, 2.75) is 6.42 Å². The van der Waals surface area contributed by atoms with Gasteiger partial charge in [0.25, 0.3) is 0 Å². The molecular weight excluding hydrogens is 192 g/mol. The Bertz CT molecular complexity index is 451. The maximum Gasteiger partial charge on any atom is 0.222 e. The van der Waals surface area contributed by atoms with Crippen molar-refractivity contribution in [2.75, 3.05) is 12.8 Å². The smallest absolute Gasteiger partial charge is 0.222 e. The number of nitrogens with two attached hydrogens (primary N) is 1. The zero-order valence-electron chi connectivity index (χ0n) is 8.43. The number of benzene rings is 1. The van der Waals surface area contributed by atoms with Crippen LogP contribution in [0.5, 0.6) is 5.75 Å². The summed E-state index contributed by atoms with van der Waals surface area (Å²) in [5.74, 6) is 1.18. The second-order valence-corrected chi connectivity index (χ2v) is 3.21. The van der Waals surface area contributed by atoms with E-state index >= 15 is 0 Å². The molecule has 0 aliphatic heterocycles. The van der Waals surface area contributed by atoms with Crippen LogP contribution in [0.25, 0.3) is 0 Å². The standard InChI is InChI=1S/C11H12N2O2/c1-14-10-5-3-2-4-8(10)6-9-7-11(12)15-13-9/h2-5,7H,6,12H2,1H3. The Morgan fingerprint density at radius 1 is 1.40 bits per heavy atom. The quantitative estimate of drug-likeness (QED) is 0.828. The summed E-state index contributed by atoms with van der Waals surface area (Å²) in [6.45, 7) is 0. The van der Waals surface area contributed by atoms with E-state index in [4.69, 9.17) is 15.0 Å². The summed E-state index contributed by atoms with van der Waals surface area (Å²) >= 11 is 0. The lowest BCUT2D eigenvalue weighted by Crippen LogP contribution is -1.93. The van der Waals surface area contributed by atoms with Gasteiger partial charge in [-0.1, -0.05) is 23.4 Å². The molecule has 0 radical (unpaired) electrons. The highest BCUT2D eigenvalue weighted by Crippen LogP contribution is 2.20. The minimum absolute atomic E-state index is 0.333. The second-order valence-electron chi connectivity index (χ2n) is 3.21. The van der Waals surface area contributed by atoms with Crippen LogP contribution in [-0.2, 0) is 6.42 Å². The number of hydrogen-bond donors (Lipinski definition) is 1. The highest BCUT2D eigenvalue weighted by Gasteiger charge is 2.06. The molecule has 2 N–H and O–H groups in total. The maximum atomic E-state index is 5.44. The predicted octanol–water partition coefficient (Wildman–Crippen LogP) is 1.86. The molecule has 1 aromatic heterocycles. The first-order valence-electron chi connectivity index (χ1n) is 4.62. The van der Waals surface area contributed by atoms with E-state index in [0.717, 1.165) is 17.0 Å². The number of anilines is 1. The largest absolute Gasteiger partial charge is 0.496 e. The molecule has 0 spiro atoms. The van der Waals surface area contributed by atoms with E-state index in [2.05, 4.69) is 5.16 Å². The van der Waals surface area contributed by atoms with E-state index in [1.165, 1.54) is 0 Å². The van der Waals surface area contributed by atoms with Crippen LogP contribution in [0.2, 0.25) is 0 Å². The topological polar surface area (TPSA) is 61.3 Å². The number of para-hydroxylation sites is 1. The van der Waals surface area contributed by atoms with Gasteiger partial charge in [0.15, 0.2) is 0 Å². The number of nitrogens with zero attached hydrogens (tertiary/aromatic N) is 1. The van der Waals surface area contributed by atoms with Crippen LogP contribution in [0, 0.1) is 0 Å². The number of hydrogen-bond acceptors (Lipinski definition) is 4. The summed E-state index contributed by atoms with van der Waals surface area (Å²) in [6, 6.07) is 9.51. The molecule has 2 aromatic rings. The van der Waals surface area contributed by atoms with Crippen molar-refractivity contribution >= 4 is 5.88 Å². The van der Waals surface area contributed by atoms with Gasteiger partial charge in [-0.3, -0.25) is 0 Å². The summed E-state index contributed by atoms with van der Waals surface area (Å²) in [7, 11) is 1.65. The third-order valence-electron chi connectivity index (χ3n) is 2.14. The van der Waals surface area contributed by atoms with Crippen molar-refractivity contribution in [3.05, 3.63) is 41.6 Å². The zero-order chi connectivity index (χ0) is 10.7. The third kappa shape index (κ3) is 2.10. The Morgan fingerprint density at radius 3 is 2.87 bits per heavy atom. The molecule has 15 heavy (non-hydrogen) atoms. The Kier molecular flexibility index (Phi) is 2.58. The average Bonchev–Trinajstić information content (AvgIpc) is 2.65. The zero-order valence-corrected chi connectivity index (χ0v) is 8.43. The summed E-state index contributed by atoms with van der Waals surface area (Å²) < 4.78 is 10.0. The number of aromatic nitrogens is 1. The molecule has 0 atom stereocenters. The highest BCUT2D eigenvalue weighted by atomic mass is 16.5. The molecule has 78 valence electrons. The van der Waals surface area contributed by atoms with Crippen molar-refractivity contribution < 1.29 is 9.26 Å². The van der Waals surface area contributed by atoms with Crippen molar-refractivity contribution in [3.63, 3.8) is 0 Å². The van der Waals surface area contributed by atoms with Crippen LogP contribution in [0.1, 0.15) is 11.3 Å². The lowest BCUT2D eigenvalue weighted by Gasteiger charge is -2.05. The first-order valence-corrected chi connectivity index (χ1v) is 4.62. The van der Waals surface area contributed by atoms with Gasteiger partial charge in [0.2, 0.25) is 5.88 Å². The lowest BCUT2D eigenvalue weighted by atomic mass is 10.1. The van der Waals surface area contributed by atoms with Crippen molar-refractivity contribution in [3.8, 4) is 5.75 Å². The van der Waals surface area contributed by atoms with Gasteiger partial charge in [0.05, 0.1) is 12.8 Å². The van der Waals surface area contributed by atoms with Gasteiger partial charge in [0.1, 0.15) is 5.75 Å². The fourth-order valence-electron chi connectivity index (χ4n) is 1.46. The molecule has 0 unspecified atom stereocenters. The molecule has 1 aromatic carbocycles. The number of rotatable bonds is 3. The maximum absolute atomic E-state index is 5.44. The molecule has 0 aliphatic carbocycles. The molecule has 4 heteroatoms. The molecule has 4 nitrogen and oxygen atoms in total. The summed E-state index contributed by atoms with van der Waals surface area (Å²) in [4.78, 5) is 0. The van der Waals surface area contributed by atoms with Gasteiger partial charge < -0.3 is 15.0 Å². The first-order chi connectivity index (χ1) is 7.29. The van der Waals surface area contributed by atoms with Gasteiger partial charge in [0, 0.05) is 18.1 Å². The van der Waals surface area contributed by atoms with Crippen LogP contribution in [0.15, 0.2) is 34.9 Å². The van der Waals surface area contributed by atoms with Crippen LogP contribution in [-0.4, -0.2) is 12.3 Å². The van der Waals surface area contributed by atoms with E-state index in [0.29, 0.717) is 12.3 Å². The Morgan fingerprint density at radius 2 is 2.20 bits per heavy atom. The minimum atomic E-state index is 0.333. The number of ether oxygens (including phenoxy) is 1. The predicted molar refractivity (Wildman–Crippen MR) is 56.7 cm³/mol. The Labute approximate surface area is 87.6 Å². The molecule has 0 saturated carbocycles. The van der Waals surface area contributed by atoms with E-state index in [1.807, 2.05) is 24.3 Å². The number of methoxy groups -OCH3 is 1. The van der Waals surface area contributed by atoms with Gasteiger partial charge in [-0.05, 0) is 6.07 Å². The molecule has 2 rings (SSSR count). The van der Waals surface area contributed by atoms with Crippen molar-refractivity contribution in [1.29, 1.82) is 0 Å². The van der Waals surface area contributed by atoms with Gasteiger partial charge >= 0.3 is 0 Å². The van der Waals surface area contributed by atoms with Crippen LogP contribution >= 0.6 is 0 Å². The van der Waals surface area contributed by atoms with Crippen molar-refractivity contribution in [1.82, 2.24) is 5.16 Å². The summed E-state index contributed by atoms with van der Waals surface area (Å²) in [6.07, 6.45) is 0.657. The Hall–Kier alpha value is -1.97. The van der Waals surface area contributed by atoms with Crippen molar-refractivity contribution in [2.24, 2.45) is 0 Å². The molecule has 1 heterocycles. The summed E-state index contributed by atoms with van der Waals surface area (Å²) in [5.41, 5.74) is 7.31. The highest BCUT2D eigenvalue weighted by molar-refractivity contribution is 5.37. The second kappa shape index (κ2) is 4.04. The molecule has 0 bridgehead atoms. The normalized spacial score (nSPS) is 10.2. The van der Waals surface area contributed by atoms with Gasteiger partial charge in [-0.25, -0.2) is 0 Å². The average molecular weight is 204 g/mol. The van der Waals surface area contributed by atoms with Gasteiger partial charge in [-0.15, -0.1) is 0 Å². The third-order valence-corrected chi connectivity index (χ3v) is 2.14. The van der Waals surface area contributed by atoms with E-state index < -0.39 is 0 Å². The van der Waals surface area contributed by atoms with E-state index in [-0.39, 0.29) is 0 Å².